The fourth-order valence-corrected chi connectivity index (χ4v) is 2.38. The van der Waals surface area contributed by atoms with Crippen molar-refractivity contribution in [3.05, 3.63) is 46.8 Å². The van der Waals surface area contributed by atoms with Gasteiger partial charge in [-0.2, -0.15) is 5.10 Å². The fraction of sp³-hybridized carbons (Fsp3) is 0.412. The lowest BCUT2D eigenvalue weighted by molar-refractivity contribution is -0.116. The van der Waals surface area contributed by atoms with Crippen LogP contribution in [0.5, 0.6) is 0 Å². The van der Waals surface area contributed by atoms with Crippen molar-refractivity contribution in [3.63, 3.8) is 0 Å². The minimum atomic E-state index is 0.0107. The molecule has 4 heteroatoms. The highest BCUT2D eigenvalue weighted by atomic mass is 16.1. The minimum Gasteiger partial charge on any atom is -0.326 e. The van der Waals surface area contributed by atoms with Gasteiger partial charge in [0, 0.05) is 17.8 Å². The van der Waals surface area contributed by atoms with Crippen LogP contribution in [0, 0.1) is 27.7 Å². The zero-order chi connectivity index (χ0) is 15.6. The number of rotatable bonds is 4. The van der Waals surface area contributed by atoms with Gasteiger partial charge in [0.1, 0.15) is 0 Å². The van der Waals surface area contributed by atoms with Gasteiger partial charge >= 0.3 is 0 Å². The average Bonchev–Trinajstić information content (AvgIpc) is 2.69. The second kappa shape index (κ2) is 6.12. The van der Waals surface area contributed by atoms with Crippen LogP contribution in [0.1, 0.15) is 41.9 Å². The number of nitrogens with one attached hydrogen (secondary N) is 1. The lowest BCUT2D eigenvalue weighted by atomic mass is 10.2. The molecule has 1 amide bonds. The first-order chi connectivity index (χ1) is 9.88. The van der Waals surface area contributed by atoms with E-state index in [2.05, 4.69) is 17.3 Å². The molecule has 112 valence electrons. The Bertz CT molecular complexity index is 641. The fourth-order valence-electron chi connectivity index (χ4n) is 2.38. The number of nitrogens with zero attached hydrogens (tertiary/aromatic N) is 2. The van der Waals surface area contributed by atoms with Crippen molar-refractivity contribution < 1.29 is 4.79 Å². The number of anilines is 1. The SMILES string of the molecule is Cc1ccc(NC(=O)CC(C)n2nc(C)c(C)c2C)cc1. The third kappa shape index (κ3) is 3.51. The van der Waals surface area contributed by atoms with Crippen LogP contribution in [-0.2, 0) is 4.79 Å². The van der Waals surface area contributed by atoms with Gasteiger partial charge in [0.05, 0.1) is 11.7 Å². The van der Waals surface area contributed by atoms with E-state index in [4.69, 9.17) is 0 Å². The molecule has 0 saturated heterocycles. The Morgan fingerprint density at radius 3 is 2.33 bits per heavy atom. The molecule has 0 saturated carbocycles. The van der Waals surface area contributed by atoms with Crippen molar-refractivity contribution in [3.8, 4) is 0 Å². The summed E-state index contributed by atoms with van der Waals surface area (Å²) in [6.45, 7) is 10.2. The number of hydrogen-bond donors (Lipinski definition) is 1. The van der Waals surface area contributed by atoms with Gasteiger partial charge in [-0.3, -0.25) is 9.48 Å². The van der Waals surface area contributed by atoms with Crippen LogP contribution in [-0.4, -0.2) is 15.7 Å². The lowest BCUT2D eigenvalue weighted by Crippen LogP contribution is -2.19. The highest BCUT2D eigenvalue weighted by Gasteiger charge is 2.16. The molecule has 0 aliphatic heterocycles. The molecule has 0 aliphatic rings. The first-order valence-electron chi connectivity index (χ1n) is 7.27. The van der Waals surface area contributed by atoms with Gasteiger partial charge in [-0.25, -0.2) is 0 Å². The van der Waals surface area contributed by atoms with Gasteiger partial charge in [0.15, 0.2) is 0 Å². The zero-order valence-corrected chi connectivity index (χ0v) is 13.4. The summed E-state index contributed by atoms with van der Waals surface area (Å²) in [7, 11) is 0. The molecule has 0 aliphatic carbocycles. The van der Waals surface area contributed by atoms with Crippen molar-refractivity contribution in [1.82, 2.24) is 9.78 Å². The molecule has 0 fully saturated rings. The summed E-state index contributed by atoms with van der Waals surface area (Å²) in [4.78, 5) is 12.1. The van der Waals surface area contributed by atoms with Crippen LogP contribution in [0.3, 0.4) is 0 Å². The Hall–Kier alpha value is -2.10. The van der Waals surface area contributed by atoms with Crippen LogP contribution in [0.4, 0.5) is 5.69 Å². The number of benzene rings is 1. The van der Waals surface area contributed by atoms with Crippen molar-refractivity contribution in [2.24, 2.45) is 0 Å². The molecule has 0 bridgehead atoms. The maximum Gasteiger partial charge on any atom is 0.226 e. The Kier molecular flexibility index (Phi) is 4.46. The zero-order valence-electron chi connectivity index (χ0n) is 13.4. The molecule has 21 heavy (non-hydrogen) atoms. The van der Waals surface area contributed by atoms with Crippen LogP contribution in [0.15, 0.2) is 24.3 Å². The largest absolute Gasteiger partial charge is 0.326 e. The second-order valence-electron chi connectivity index (χ2n) is 5.71. The van der Waals surface area contributed by atoms with E-state index in [1.807, 2.05) is 56.6 Å². The summed E-state index contributed by atoms with van der Waals surface area (Å²) in [6, 6.07) is 7.87. The Labute approximate surface area is 126 Å². The number of carbonyl (C=O) groups excluding carboxylic acids is 1. The van der Waals surface area contributed by atoms with Gasteiger partial charge in [0.2, 0.25) is 5.91 Å². The summed E-state index contributed by atoms with van der Waals surface area (Å²) < 4.78 is 1.94. The van der Waals surface area contributed by atoms with Crippen LogP contribution in [0.2, 0.25) is 0 Å². The molecule has 0 radical (unpaired) electrons. The topological polar surface area (TPSA) is 46.9 Å². The van der Waals surface area contributed by atoms with E-state index < -0.39 is 0 Å². The summed E-state index contributed by atoms with van der Waals surface area (Å²) in [6.07, 6.45) is 0.412. The van der Waals surface area contributed by atoms with Crippen molar-refractivity contribution in [2.45, 2.75) is 47.1 Å². The van der Waals surface area contributed by atoms with E-state index in [-0.39, 0.29) is 11.9 Å². The first-order valence-corrected chi connectivity index (χ1v) is 7.27. The second-order valence-corrected chi connectivity index (χ2v) is 5.71. The predicted octanol–water partition coefficient (Wildman–Crippen LogP) is 3.71. The van der Waals surface area contributed by atoms with Gasteiger partial charge in [-0.05, 0) is 52.3 Å². The van der Waals surface area contributed by atoms with Crippen LogP contribution >= 0.6 is 0 Å². The molecule has 1 atom stereocenters. The number of carbonyl (C=O) groups is 1. The van der Waals surface area contributed by atoms with Crippen LogP contribution in [0.25, 0.3) is 0 Å². The predicted molar refractivity (Wildman–Crippen MR) is 85.6 cm³/mol. The highest BCUT2D eigenvalue weighted by Crippen LogP contribution is 2.19. The standard InChI is InChI=1S/C17H23N3O/c1-11-6-8-16(9-7-11)18-17(21)10-12(2)20-15(5)13(3)14(4)19-20/h6-9,12H,10H2,1-5H3,(H,18,21). The Morgan fingerprint density at radius 2 is 1.81 bits per heavy atom. The average molecular weight is 285 g/mol. The highest BCUT2D eigenvalue weighted by molar-refractivity contribution is 5.90. The molecular formula is C17H23N3O. The molecule has 1 aromatic heterocycles. The van der Waals surface area contributed by atoms with Crippen molar-refractivity contribution in [2.75, 3.05) is 5.32 Å². The third-order valence-corrected chi connectivity index (χ3v) is 3.92. The molecule has 1 unspecified atom stereocenters. The van der Waals surface area contributed by atoms with E-state index in [1.54, 1.807) is 0 Å². The summed E-state index contributed by atoms with van der Waals surface area (Å²) >= 11 is 0. The van der Waals surface area contributed by atoms with Crippen molar-refractivity contribution in [1.29, 1.82) is 0 Å². The molecule has 1 aromatic carbocycles. The molecule has 0 spiro atoms. The number of aryl methyl sites for hydroxylation is 2. The van der Waals surface area contributed by atoms with Crippen LogP contribution < -0.4 is 5.32 Å². The number of aromatic nitrogens is 2. The smallest absolute Gasteiger partial charge is 0.226 e. The monoisotopic (exact) mass is 285 g/mol. The molecule has 2 rings (SSSR count). The van der Waals surface area contributed by atoms with Gasteiger partial charge in [0.25, 0.3) is 0 Å². The van der Waals surface area contributed by atoms with E-state index in [0.29, 0.717) is 6.42 Å². The van der Waals surface area contributed by atoms with E-state index in [1.165, 1.54) is 11.1 Å². The number of amides is 1. The van der Waals surface area contributed by atoms with Crippen molar-refractivity contribution >= 4 is 11.6 Å². The Morgan fingerprint density at radius 1 is 1.19 bits per heavy atom. The first kappa shape index (κ1) is 15.3. The molecule has 4 nitrogen and oxygen atoms in total. The van der Waals surface area contributed by atoms with E-state index in [0.717, 1.165) is 17.1 Å². The maximum absolute atomic E-state index is 12.1. The normalized spacial score (nSPS) is 12.2. The summed E-state index contributed by atoms with van der Waals surface area (Å²) in [5.41, 5.74) is 5.36. The molecule has 1 N–H and O–H groups in total. The van der Waals surface area contributed by atoms with Gasteiger partial charge in [-0.1, -0.05) is 17.7 Å². The molecular weight excluding hydrogens is 262 g/mol. The van der Waals surface area contributed by atoms with Gasteiger partial charge in [-0.15, -0.1) is 0 Å². The maximum atomic E-state index is 12.1. The Balaban J connectivity index is 2.01. The van der Waals surface area contributed by atoms with E-state index >= 15 is 0 Å². The molecule has 1 heterocycles. The molecule has 2 aromatic rings. The lowest BCUT2D eigenvalue weighted by Gasteiger charge is -2.14. The quantitative estimate of drug-likeness (QED) is 0.931. The minimum absolute atomic E-state index is 0.0107. The summed E-state index contributed by atoms with van der Waals surface area (Å²) in [5.74, 6) is 0.0107. The third-order valence-electron chi connectivity index (χ3n) is 3.92. The van der Waals surface area contributed by atoms with Gasteiger partial charge < -0.3 is 5.32 Å². The van der Waals surface area contributed by atoms with E-state index in [9.17, 15) is 4.79 Å². The summed E-state index contributed by atoms with van der Waals surface area (Å²) in [5, 5.41) is 7.45. The number of hydrogen-bond acceptors (Lipinski definition) is 2.